The van der Waals surface area contributed by atoms with Crippen LogP contribution in [0.3, 0.4) is 0 Å². The van der Waals surface area contributed by atoms with Crippen LogP contribution >= 0.6 is 0 Å². The number of benzene rings is 3. The molecule has 0 aromatic heterocycles. The van der Waals surface area contributed by atoms with Gasteiger partial charge in [0, 0.05) is 22.5 Å². The zero-order valence-corrected chi connectivity index (χ0v) is 17.9. The average Bonchev–Trinajstić information content (AvgIpc) is 2.73. The molecule has 0 aliphatic carbocycles. The Morgan fingerprint density at radius 1 is 0.656 bits per heavy atom. The molecular formula is C25H23F3N2O2. The molecule has 0 unspecified atom stereocenters. The maximum Gasteiger partial charge on any atom is 0.416 e. The first-order valence-electron chi connectivity index (χ1n) is 9.94. The third-order valence-electron chi connectivity index (χ3n) is 4.87. The minimum Gasteiger partial charge on any atom is -0.322 e. The van der Waals surface area contributed by atoms with Crippen LogP contribution in [0, 0.1) is 0 Å². The number of halogens is 3. The number of hydrogen-bond acceptors (Lipinski definition) is 2. The van der Waals surface area contributed by atoms with E-state index in [1.165, 1.54) is 24.3 Å². The number of carbonyl (C=O) groups excluding carboxylic acids is 2. The zero-order valence-electron chi connectivity index (χ0n) is 17.9. The first-order chi connectivity index (χ1) is 14.9. The minimum absolute atomic E-state index is 0.0144. The summed E-state index contributed by atoms with van der Waals surface area (Å²) in [5.41, 5.74) is 1.54. The second-order valence-corrected chi connectivity index (χ2v) is 8.39. The van der Waals surface area contributed by atoms with Crippen LogP contribution in [-0.4, -0.2) is 11.8 Å². The highest BCUT2D eigenvalue weighted by atomic mass is 19.4. The van der Waals surface area contributed by atoms with Gasteiger partial charge in [-0.15, -0.1) is 0 Å². The van der Waals surface area contributed by atoms with E-state index >= 15 is 0 Å². The topological polar surface area (TPSA) is 58.2 Å². The second-order valence-electron chi connectivity index (χ2n) is 8.39. The number of rotatable bonds is 4. The normalized spacial score (nSPS) is 11.7. The Labute approximate surface area is 184 Å². The molecule has 0 spiro atoms. The molecule has 32 heavy (non-hydrogen) atoms. The molecule has 3 aromatic carbocycles. The molecule has 0 bridgehead atoms. The van der Waals surface area contributed by atoms with Gasteiger partial charge in [0.25, 0.3) is 11.8 Å². The Hall–Kier alpha value is -3.61. The van der Waals surface area contributed by atoms with Crippen LogP contribution in [0.15, 0.2) is 72.8 Å². The molecule has 3 rings (SSSR count). The fourth-order valence-corrected chi connectivity index (χ4v) is 3.01. The summed E-state index contributed by atoms with van der Waals surface area (Å²) in [5.74, 6) is -0.841. The number of nitrogens with one attached hydrogen (secondary N) is 2. The van der Waals surface area contributed by atoms with E-state index in [-0.39, 0.29) is 22.6 Å². The maximum atomic E-state index is 12.8. The quantitative estimate of drug-likeness (QED) is 0.486. The Bertz CT molecular complexity index is 1110. The zero-order chi connectivity index (χ0) is 23.5. The van der Waals surface area contributed by atoms with Crippen molar-refractivity contribution in [2.24, 2.45) is 0 Å². The van der Waals surface area contributed by atoms with Crippen LogP contribution in [0.2, 0.25) is 0 Å². The predicted molar refractivity (Wildman–Crippen MR) is 119 cm³/mol. The minimum atomic E-state index is -4.49. The summed E-state index contributed by atoms with van der Waals surface area (Å²) in [7, 11) is 0. The van der Waals surface area contributed by atoms with Gasteiger partial charge in [-0.3, -0.25) is 9.59 Å². The van der Waals surface area contributed by atoms with Crippen molar-refractivity contribution in [1.82, 2.24) is 0 Å². The summed E-state index contributed by atoms with van der Waals surface area (Å²) in [5, 5.41) is 5.21. The summed E-state index contributed by atoms with van der Waals surface area (Å²) in [6.07, 6.45) is -4.49. The first-order valence-corrected chi connectivity index (χ1v) is 9.94. The predicted octanol–water partition coefficient (Wildman–Crippen LogP) is 6.51. The van der Waals surface area contributed by atoms with E-state index in [9.17, 15) is 22.8 Å². The largest absolute Gasteiger partial charge is 0.416 e. The van der Waals surface area contributed by atoms with Gasteiger partial charge in [-0.25, -0.2) is 0 Å². The molecule has 166 valence electrons. The van der Waals surface area contributed by atoms with Gasteiger partial charge in [0.2, 0.25) is 0 Å². The summed E-state index contributed by atoms with van der Waals surface area (Å²) < 4.78 is 38.5. The molecule has 0 atom stereocenters. The maximum absolute atomic E-state index is 12.8. The lowest BCUT2D eigenvalue weighted by atomic mass is 9.87. The lowest BCUT2D eigenvalue weighted by Crippen LogP contribution is -2.15. The standard InChI is InChI=1S/C25H23F3N2O2/c1-24(2,3)18-11-7-16(8-12-18)22(31)29-20-13-9-17(10-14-20)23(32)30-21-6-4-5-19(15-21)25(26,27)28/h4-15H,1-3H3,(H,29,31)(H,30,32). The van der Waals surface area contributed by atoms with Crippen LogP contribution in [0.5, 0.6) is 0 Å². The molecule has 4 nitrogen and oxygen atoms in total. The first kappa shape index (κ1) is 23.1. The lowest BCUT2D eigenvalue weighted by molar-refractivity contribution is -0.137. The Balaban J connectivity index is 1.64. The van der Waals surface area contributed by atoms with E-state index in [2.05, 4.69) is 31.4 Å². The van der Waals surface area contributed by atoms with E-state index < -0.39 is 17.6 Å². The van der Waals surface area contributed by atoms with Crippen molar-refractivity contribution < 1.29 is 22.8 Å². The summed E-state index contributed by atoms with van der Waals surface area (Å²) in [4.78, 5) is 24.8. The smallest absolute Gasteiger partial charge is 0.322 e. The number of hydrogen-bond donors (Lipinski definition) is 2. The molecule has 0 heterocycles. The van der Waals surface area contributed by atoms with E-state index in [1.807, 2.05) is 12.1 Å². The van der Waals surface area contributed by atoms with Gasteiger partial charge in [0.15, 0.2) is 0 Å². The van der Waals surface area contributed by atoms with Crippen molar-refractivity contribution >= 4 is 23.2 Å². The highest BCUT2D eigenvalue weighted by molar-refractivity contribution is 6.06. The number of alkyl halides is 3. The molecule has 0 saturated heterocycles. The molecular weight excluding hydrogens is 417 g/mol. The molecule has 0 saturated carbocycles. The van der Waals surface area contributed by atoms with Crippen molar-refractivity contribution in [3.8, 4) is 0 Å². The summed E-state index contributed by atoms with van der Waals surface area (Å²) >= 11 is 0. The number of amides is 2. The summed E-state index contributed by atoms with van der Waals surface area (Å²) in [6.45, 7) is 6.27. The lowest BCUT2D eigenvalue weighted by Gasteiger charge is -2.19. The van der Waals surface area contributed by atoms with Crippen LogP contribution in [0.1, 0.15) is 52.6 Å². The van der Waals surface area contributed by atoms with Gasteiger partial charge in [-0.2, -0.15) is 13.2 Å². The van der Waals surface area contributed by atoms with Gasteiger partial charge >= 0.3 is 6.18 Å². The molecule has 2 amide bonds. The van der Waals surface area contributed by atoms with Crippen molar-refractivity contribution in [2.75, 3.05) is 10.6 Å². The van der Waals surface area contributed by atoms with Crippen molar-refractivity contribution in [1.29, 1.82) is 0 Å². The molecule has 2 N–H and O–H groups in total. The Morgan fingerprint density at radius 2 is 1.16 bits per heavy atom. The monoisotopic (exact) mass is 440 g/mol. The molecule has 3 aromatic rings. The van der Waals surface area contributed by atoms with Crippen molar-refractivity contribution in [3.05, 3.63) is 95.1 Å². The van der Waals surface area contributed by atoms with E-state index in [0.717, 1.165) is 17.7 Å². The highest BCUT2D eigenvalue weighted by Gasteiger charge is 2.30. The third-order valence-corrected chi connectivity index (χ3v) is 4.87. The molecule has 0 radical (unpaired) electrons. The van der Waals surface area contributed by atoms with Crippen LogP contribution < -0.4 is 10.6 Å². The van der Waals surface area contributed by atoms with E-state index in [0.29, 0.717) is 11.3 Å². The molecule has 0 aliphatic heterocycles. The van der Waals surface area contributed by atoms with Gasteiger partial charge in [0.1, 0.15) is 0 Å². The fraction of sp³-hybridized carbons (Fsp3) is 0.200. The van der Waals surface area contributed by atoms with Gasteiger partial charge in [0.05, 0.1) is 5.56 Å². The third kappa shape index (κ3) is 5.75. The van der Waals surface area contributed by atoms with Crippen molar-refractivity contribution in [3.63, 3.8) is 0 Å². The molecule has 0 aliphatic rings. The van der Waals surface area contributed by atoms with Crippen LogP contribution in [0.4, 0.5) is 24.5 Å². The Morgan fingerprint density at radius 3 is 1.66 bits per heavy atom. The van der Waals surface area contributed by atoms with Gasteiger partial charge < -0.3 is 10.6 Å². The SMILES string of the molecule is CC(C)(C)c1ccc(C(=O)Nc2ccc(C(=O)Nc3cccc(C(F)(F)F)c3)cc2)cc1. The second kappa shape index (κ2) is 8.86. The van der Waals surface area contributed by atoms with Crippen LogP contribution in [0.25, 0.3) is 0 Å². The highest BCUT2D eigenvalue weighted by Crippen LogP contribution is 2.30. The molecule has 7 heteroatoms. The average molecular weight is 440 g/mol. The number of anilines is 2. The van der Waals surface area contributed by atoms with Gasteiger partial charge in [-0.1, -0.05) is 39.0 Å². The molecule has 0 fully saturated rings. The van der Waals surface area contributed by atoms with E-state index in [4.69, 9.17) is 0 Å². The van der Waals surface area contributed by atoms with Crippen LogP contribution in [-0.2, 0) is 11.6 Å². The van der Waals surface area contributed by atoms with Crippen molar-refractivity contribution in [2.45, 2.75) is 32.4 Å². The number of carbonyl (C=O) groups is 2. The van der Waals surface area contributed by atoms with E-state index in [1.54, 1.807) is 24.3 Å². The Kier molecular flexibility index (Phi) is 6.39. The van der Waals surface area contributed by atoms with Gasteiger partial charge in [-0.05, 0) is 65.6 Å². The fourth-order valence-electron chi connectivity index (χ4n) is 3.01. The summed E-state index contributed by atoms with van der Waals surface area (Å²) in [6, 6.07) is 17.8.